The summed E-state index contributed by atoms with van der Waals surface area (Å²) < 4.78 is 18.7. The first-order chi connectivity index (χ1) is 13.6. The maximum Gasteiger partial charge on any atom is 0.145 e. The molecule has 0 aliphatic heterocycles. The summed E-state index contributed by atoms with van der Waals surface area (Å²) in [5.41, 5.74) is 4.13. The quantitative estimate of drug-likeness (QED) is 0.565. The highest BCUT2D eigenvalue weighted by Gasteiger charge is 2.12. The molecular weight excluding hydrogens is 357 g/mol. The molecule has 0 amide bonds. The van der Waals surface area contributed by atoms with E-state index in [0.29, 0.717) is 29.3 Å². The number of nitrogens with one attached hydrogen (secondary N) is 1. The number of rotatable bonds is 5. The van der Waals surface area contributed by atoms with Crippen molar-refractivity contribution in [2.75, 3.05) is 12.4 Å². The third-order valence-corrected chi connectivity index (χ3v) is 4.38. The second-order valence-corrected chi connectivity index (χ2v) is 6.32. The molecule has 3 heterocycles. The van der Waals surface area contributed by atoms with E-state index in [0.717, 1.165) is 22.2 Å². The van der Waals surface area contributed by atoms with Crippen molar-refractivity contribution in [2.24, 2.45) is 0 Å². The second kappa shape index (κ2) is 7.56. The molecule has 4 aromatic rings. The van der Waals surface area contributed by atoms with Gasteiger partial charge in [-0.2, -0.15) is 0 Å². The van der Waals surface area contributed by atoms with Gasteiger partial charge in [-0.05, 0) is 42.8 Å². The van der Waals surface area contributed by atoms with Crippen LogP contribution in [0, 0.1) is 12.7 Å². The first kappa shape index (κ1) is 17.8. The lowest BCUT2D eigenvalue weighted by Crippen LogP contribution is -2.04. The van der Waals surface area contributed by atoms with Crippen molar-refractivity contribution in [3.05, 3.63) is 72.2 Å². The summed E-state index contributed by atoms with van der Waals surface area (Å²) in [7, 11) is 1.59. The predicted molar refractivity (Wildman–Crippen MR) is 106 cm³/mol. The lowest BCUT2D eigenvalue weighted by molar-refractivity contribution is 0.419. The monoisotopic (exact) mass is 375 g/mol. The molecule has 6 nitrogen and oxygen atoms in total. The number of anilines is 1. The van der Waals surface area contributed by atoms with Gasteiger partial charge in [0.25, 0.3) is 0 Å². The Labute approximate surface area is 161 Å². The van der Waals surface area contributed by atoms with Crippen LogP contribution in [-0.2, 0) is 6.54 Å². The summed E-state index contributed by atoms with van der Waals surface area (Å²) in [5, 5.41) is 4.13. The van der Waals surface area contributed by atoms with E-state index in [2.05, 4.69) is 25.3 Å². The lowest BCUT2D eigenvalue weighted by Gasteiger charge is -2.12. The van der Waals surface area contributed by atoms with E-state index in [9.17, 15) is 4.39 Å². The topological polar surface area (TPSA) is 72.8 Å². The highest BCUT2D eigenvalue weighted by Crippen LogP contribution is 2.33. The van der Waals surface area contributed by atoms with Crippen molar-refractivity contribution in [3.8, 4) is 17.0 Å². The Bertz CT molecular complexity index is 1110. The number of aryl methyl sites for hydroxylation is 1. The number of benzene rings is 1. The molecule has 0 aliphatic carbocycles. The van der Waals surface area contributed by atoms with Crippen LogP contribution in [0.2, 0.25) is 0 Å². The number of hydrogen-bond acceptors (Lipinski definition) is 6. The van der Waals surface area contributed by atoms with Crippen LogP contribution >= 0.6 is 0 Å². The highest BCUT2D eigenvalue weighted by atomic mass is 19.1. The van der Waals surface area contributed by atoms with Crippen LogP contribution < -0.4 is 10.1 Å². The Morgan fingerprint density at radius 1 is 1.00 bits per heavy atom. The SMILES string of the molecule is COc1cc(-c2ccc(F)cn2)cc2c(NCc3ccc(C)nc3)ncnc12. The molecule has 3 aromatic heterocycles. The van der Waals surface area contributed by atoms with Crippen molar-refractivity contribution in [2.45, 2.75) is 13.5 Å². The molecule has 0 radical (unpaired) electrons. The van der Waals surface area contributed by atoms with Gasteiger partial charge >= 0.3 is 0 Å². The maximum absolute atomic E-state index is 13.2. The van der Waals surface area contributed by atoms with E-state index >= 15 is 0 Å². The average Bonchev–Trinajstić information content (AvgIpc) is 2.73. The van der Waals surface area contributed by atoms with Crippen LogP contribution in [0.3, 0.4) is 0 Å². The number of hydrogen-bond donors (Lipinski definition) is 1. The molecular formula is C21H18FN5O. The van der Waals surface area contributed by atoms with Crippen LogP contribution in [0.25, 0.3) is 22.2 Å². The molecule has 7 heteroatoms. The standard InChI is InChI=1S/C21H18FN5O/c1-13-3-4-14(9-23-13)10-25-21-17-7-15(18-6-5-16(22)11-24-18)8-19(28-2)20(17)26-12-27-21/h3-9,11-12H,10H2,1-2H3,(H,25,26,27). The number of methoxy groups -OCH3 is 1. The summed E-state index contributed by atoms with van der Waals surface area (Å²) in [4.78, 5) is 17.2. The van der Waals surface area contributed by atoms with Crippen molar-refractivity contribution >= 4 is 16.7 Å². The Balaban J connectivity index is 1.75. The first-order valence-electron chi connectivity index (χ1n) is 8.74. The minimum absolute atomic E-state index is 0.381. The molecule has 140 valence electrons. The average molecular weight is 375 g/mol. The van der Waals surface area contributed by atoms with Crippen molar-refractivity contribution in [3.63, 3.8) is 0 Å². The smallest absolute Gasteiger partial charge is 0.145 e. The van der Waals surface area contributed by atoms with Crippen LogP contribution in [0.5, 0.6) is 5.75 Å². The van der Waals surface area contributed by atoms with Gasteiger partial charge in [0.2, 0.25) is 0 Å². The highest BCUT2D eigenvalue weighted by molar-refractivity contribution is 5.96. The van der Waals surface area contributed by atoms with Gasteiger partial charge in [-0.15, -0.1) is 0 Å². The van der Waals surface area contributed by atoms with Crippen LogP contribution in [0.15, 0.2) is 55.1 Å². The summed E-state index contributed by atoms with van der Waals surface area (Å²) in [6, 6.07) is 10.8. The molecule has 0 saturated heterocycles. The van der Waals surface area contributed by atoms with Crippen LogP contribution in [0.4, 0.5) is 10.2 Å². The number of pyridine rings is 2. The van der Waals surface area contributed by atoms with Gasteiger partial charge in [0.15, 0.2) is 0 Å². The minimum atomic E-state index is -0.381. The molecule has 1 aromatic carbocycles. The van der Waals surface area contributed by atoms with Crippen molar-refractivity contribution in [1.82, 2.24) is 19.9 Å². The van der Waals surface area contributed by atoms with E-state index in [4.69, 9.17) is 4.74 Å². The van der Waals surface area contributed by atoms with Gasteiger partial charge in [-0.3, -0.25) is 9.97 Å². The maximum atomic E-state index is 13.2. The molecule has 0 saturated carbocycles. The van der Waals surface area contributed by atoms with Gasteiger partial charge in [-0.1, -0.05) is 6.07 Å². The van der Waals surface area contributed by atoms with Gasteiger partial charge in [0.1, 0.15) is 29.2 Å². The Morgan fingerprint density at radius 3 is 2.61 bits per heavy atom. The zero-order chi connectivity index (χ0) is 19.5. The van der Waals surface area contributed by atoms with E-state index in [1.54, 1.807) is 13.2 Å². The third kappa shape index (κ3) is 3.59. The number of fused-ring (bicyclic) bond motifs is 1. The van der Waals surface area contributed by atoms with E-state index in [1.807, 2.05) is 37.4 Å². The molecule has 0 unspecified atom stereocenters. The predicted octanol–water partition coefficient (Wildman–Crippen LogP) is 4.16. The summed E-state index contributed by atoms with van der Waals surface area (Å²) in [6.45, 7) is 2.52. The second-order valence-electron chi connectivity index (χ2n) is 6.32. The normalized spacial score (nSPS) is 10.8. The Kier molecular flexibility index (Phi) is 4.80. The Hall–Kier alpha value is -3.61. The molecule has 0 fully saturated rings. The molecule has 0 aliphatic rings. The number of nitrogens with zero attached hydrogens (tertiary/aromatic N) is 4. The molecule has 28 heavy (non-hydrogen) atoms. The van der Waals surface area contributed by atoms with Gasteiger partial charge in [0.05, 0.1) is 19.0 Å². The third-order valence-electron chi connectivity index (χ3n) is 4.38. The van der Waals surface area contributed by atoms with Crippen molar-refractivity contribution < 1.29 is 9.13 Å². The summed E-state index contributed by atoms with van der Waals surface area (Å²) in [6.07, 6.45) is 4.52. The van der Waals surface area contributed by atoms with Crippen LogP contribution in [-0.4, -0.2) is 27.0 Å². The summed E-state index contributed by atoms with van der Waals surface area (Å²) >= 11 is 0. The fourth-order valence-corrected chi connectivity index (χ4v) is 2.92. The molecule has 1 N–H and O–H groups in total. The lowest BCUT2D eigenvalue weighted by atomic mass is 10.1. The molecule has 0 spiro atoms. The molecule has 4 rings (SSSR count). The molecule has 0 atom stereocenters. The van der Waals surface area contributed by atoms with Crippen LogP contribution in [0.1, 0.15) is 11.3 Å². The number of halogens is 1. The number of ether oxygens (including phenoxy) is 1. The van der Waals surface area contributed by atoms with E-state index < -0.39 is 0 Å². The Morgan fingerprint density at radius 2 is 1.89 bits per heavy atom. The van der Waals surface area contributed by atoms with Gasteiger partial charge in [-0.25, -0.2) is 14.4 Å². The molecule has 0 bridgehead atoms. The first-order valence-corrected chi connectivity index (χ1v) is 8.74. The zero-order valence-corrected chi connectivity index (χ0v) is 15.5. The summed E-state index contributed by atoms with van der Waals surface area (Å²) in [5.74, 6) is 0.891. The van der Waals surface area contributed by atoms with E-state index in [1.165, 1.54) is 18.6 Å². The zero-order valence-electron chi connectivity index (χ0n) is 15.5. The fourth-order valence-electron chi connectivity index (χ4n) is 2.92. The van der Waals surface area contributed by atoms with Gasteiger partial charge in [0, 0.05) is 29.4 Å². The largest absolute Gasteiger partial charge is 0.494 e. The van der Waals surface area contributed by atoms with Gasteiger partial charge < -0.3 is 10.1 Å². The van der Waals surface area contributed by atoms with Crippen molar-refractivity contribution in [1.29, 1.82) is 0 Å². The number of aromatic nitrogens is 4. The minimum Gasteiger partial charge on any atom is -0.494 e. The fraction of sp³-hybridized carbons (Fsp3) is 0.143. The van der Waals surface area contributed by atoms with E-state index in [-0.39, 0.29) is 5.82 Å².